The Morgan fingerprint density at radius 2 is 1.94 bits per heavy atom. The van der Waals surface area contributed by atoms with E-state index in [0.717, 1.165) is 15.8 Å². The second kappa shape index (κ2) is 5.43. The minimum atomic E-state index is 0.398. The minimum absolute atomic E-state index is 0.398. The van der Waals surface area contributed by atoms with Gasteiger partial charge in [-0.05, 0) is 46.3 Å². The summed E-state index contributed by atoms with van der Waals surface area (Å²) in [7, 11) is 0. The van der Waals surface area contributed by atoms with Crippen molar-refractivity contribution in [2.45, 2.75) is 6.61 Å². The number of anilines is 1. The Morgan fingerprint density at radius 3 is 2.71 bits per heavy atom. The normalized spacial score (nSPS) is 10.2. The molecule has 0 unspecified atom stereocenters. The maximum Gasteiger partial charge on any atom is 0.133 e. The molecule has 0 bridgehead atoms. The van der Waals surface area contributed by atoms with Crippen LogP contribution in [-0.4, -0.2) is 0 Å². The standard InChI is InChI=1S/C13H11BrClNO/c14-11-3-1-2-4-13(11)17-8-9-7-10(15)5-6-12(9)16/h1-7H,8,16H2. The van der Waals surface area contributed by atoms with Crippen LogP contribution < -0.4 is 10.5 Å². The van der Waals surface area contributed by atoms with E-state index in [1.165, 1.54) is 0 Å². The van der Waals surface area contributed by atoms with Crippen molar-refractivity contribution in [3.05, 3.63) is 57.5 Å². The Kier molecular flexibility index (Phi) is 3.92. The molecule has 0 amide bonds. The fourth-order valence-corrected chi connectivity index (χ4v) is 2.01. The fraction of sp³-hybridized carbons (Fsp3) is 0.0769. The third-order valence-electron chi connectivity index (χ3n) is 2.32. The first-order valence-corrected chi connectivity index (χ1v) is 6.25. The maximum atomic E-state index is 5.91. The molecule has 0 radical (unpaired) electrons. The van der Waals surface area contributed by atoms with Crippen LogP contribution in [0.1, 0.15) is 5.56 Å². The molecule has 0 aliphatic rings. The first kappa shape index (κ1) is 12.3. The summed E-state index contributed by atoms with van der Waals surface area (Å²) in [6, 6.07) is 13.0. The monoisotopic (exact) mass is 311 g/mol. The van der Waals surface area contributed by atoms with E-state index in [1.807, 2.05) is 30.3 Å². The Labute approximate surface area is 113 Å². The molecule has 17 heavy (non-hydrogen) atoms. The predicted molar refractivity (Wildman–Crippen MR) is 74.3 cm³/mol. The van der Waals surface area contributed by atoms with E-state index in [2.05, 4.69) is 15.9 Å². The van der Waals surface area contributed by atoms with Crippen molar-refractivity contribution >= 4 is 33.2 Å². The highest BCUT2D eigenvalue weighted by molar-refractivity contribution is 9.10. The van der Waals surface area contributed by atoms with Gasteiger partial charge in [-0.2, -0.15) is 0 Å². The van der Waals surface area contributed by atoms with Crippen molar-refractivity contribution in [1.82, 2.24) is 0 Å². The average Bonchev–Trinajstić information content (AvgIpc) is 2.32. The molecule has 0 saturated carbocycles. The zero-order valence-corrected chi connectivity index (χ0v) is 11.3. The van der Waals surface area contributed by atoms with Crippen molar-refractivity contribution < 1.29 is 4.74 Å². The summed E-state index contributed by atoms with van der Waals surface area (Å²) in [6.07, 6.45) is 0. The zero-order chi connectivity index (χ0) is 12.3. The molecule has 2 aromatic rings. The van der Waals surface area contributed by atoms with Crippen molar-refractivity contribution in [2.24, 2.45) is 0 Å². The quantitative estimate of drug-likeness (QED) is 0.859. The molecule has 88 valence electrons. The van der Waals surface area contributed by atoms with Crippen molar-refractivity contribution in [3.63, 3.8) is 0 Å². The van der Waals surface area contributed by atoms with Crippen LogP contribution >= 0.6 is 27.5 Å². The SMILES string of the molecule is Nc1ccc(Cl)cc1COc1ccccc1Br. The lowest BCUT2D eigenvalue weighted by Crippen LogP contribution is -2.00. The van der Waals surface area contributed by atoms with E-state index >= 15 is 0 Å². The third-order valence-corrected chi connectivity index (χ3v) is 3.22. The van der Waals surface area contributed by atoms with Gasteiger partial charge in [-0.15, -0.1) is 0 Å². The Balaban J connectivity index is 2.12. The molecule has 0 atom stereocenters. The topological polar surface area (TPSA) is 35.2 Å². The Bertz CT molecular complexity index is 531. The molecule has 2 aromatic carbocycles. The largest absolute Gasteiger partial charge is 0.488 e. The van der Waals surface area contributed by atoms with Crippen LogP contribution in [-0.2, 0) is 6.61 Å². The van der Waals surface area contributed by atoms with Crippen LogP contribution in [0.2, 0.25) is 5.02 Å². The summed E-state index contributed by atoms with van der Waals surface area (Å²) < 4.78 is 6.59. The molecule has 0 saturated heterocycles. The van der Waals surface area contributed by atoms with E-state index in [9.17, 15) is 0 Å². The summed E-state index contributed by atoms with van der Waals surface area (Å²) in [5.41, 5.74) is 7.41. The summed E-state index contributed by atoms with van der Waals surface area (Å²) in [6.45, 7) is 0.398. The number of halogens is 2. The molecule has 2 nitrogen and oxygen atoms in total. The number of nitrogens with two attached hydrogens (primary N) is 1. The van der Waals surface area contributed by atoms with Crippen LogP contribution in [0.15, 0.2) is 46.9 Å². The summed E-state index contributed by atoms with van der Waals surface area (Å²) >= 11 is 9.33. The van der Waals surface area contributed by atoms with E-state index in [-0.39, 0.29) is 0 Å². The molecule has 0 heterocycles. The molecule has 0 fully saturated rings. The molecule has 2 N–H and O–H groups in total. The first-order chi connectivity index (χ1) is 8.16. The molecular formula is C13H11BrClNO. The number of benzene rings is 2. The second-order valence-electron chi connectivity index (χ2n) is 3.56. The summed E-state index contributed by atoms with van der Waals surface area (Å²) in [5, 5.41) is 0.657. The number of hydrogen-bond donors (Lipinski definition) is 1. The molecule has 2 rings (SSSR count). The van der Waals surface area contributed by atoms with Gasteiger partial charge < -0.3 is 10.5 Å². The van der Waals surface area contributed by atoms with Crippen molar-refractivity contribution in [1.29, 1.82) is 0 Å². The van der Waals surface area contributed by atoms with Gasteiger partial charge in [0.25, 0.3) is 0 Å². The molecule has 0 spiro atoms. The van der Waals surface area contributed by atoms with Crippen LogP contribution in [0.25, 0.3) is 0 Å². The van der Waals surface area contributed by atoms with Gasteiger partial charge in [-0.1, -0.05) is 23.7 Å². The van der Waals surface area contributed by atoms with Gasteiger partial charge in [0.1, 0.15) is 12.4 Å². The fourth-order valence-electron chi connectivity index (χ4n) is 1.42. The molecule has 4 heteroatoms. The molecular weight excluding hydrogens is 302 g/mol. The number of ether oxygens (including phenoxy) is 1. The van der Waals surface area contributed by atoms with Crippen LogP contribution in [0.5, 0.6) is 5.75 Å². The lowest BCUT2D eigenvalue weighted by molar-refractivity contribution is 0.305. The lowest BCUT2D eigenvalue weighted by atomic mass is 10.2. The van der Waals surface area contributed by atoms with Crippen LogP contribution in [0.3, 0.4) is 0 Å². The molecule has 0 aliphatic heterocycles. The molecule has 0 aromatic heterocycles. The Hall–Kier alpha value is -1.19. The smallest absolute Gasteiger partial charge is 0.133 e. The molecule has 0 aliphatic carbocycles. The highest BCUT2D eigenvalue weighted by atomic mass is 79.9. The Morgan fingerprint density at radius 1 is 1.18 bits per heavy atom. The van der Waals surface area contributed by atoms with Gasteiger partial charge in [0.05, 0.1) is 4.47 Å². The van der Waals surface area contributed by atoms with E-state index in [4.69, 9.17) is 22.1 Å². The van der Waals surface area contributed by atoms with E-state index in [0.29, 0.717) is 17.3 Å². The van der Waals surface area contributed by atoms with Crippen molar-refractivity contribution in [3.8, 4) is 5.75 Å². The lowest BCUT2D eigenvalue weighted by Gasteiger charge is -2.10. The van der Waals surface area contributed by atoms with Crippen molar-refractivity contribution in [2.75, 3.05) is 5.73 Å². The van der Waals surface area contributed by atoms with Gasteiger partial charge in [-0.25, -0.2) is 0 Å². The van der Waals surface area contributed by atoms with Gasteiger partial charge in [0, 0.05) is 16.3 Å². The number of para-hydroxylation sites is 1. The second-order valence-corrected chi connectivity index (χ2v) is 4.85. The van der Waals surface area contributed by atoms with Crippen LogP contribution in [0.4, 0.5) is 5.69 Å². The zero-order valence-electron chi connectivity index (χ0n) is 8.99. The average molecular weight is 313 g/mol. The number of nitrogen functional groups attached to an aromatic ring is 1. The van der Waals surface area contributed by atoms with Gasteiger partial charge >= 0.3 is 0 Å². The van der Waals surface area contributed by atoms with Gasteiger partial charge in [-0.3, -0.25) is 0 Å². The first-order valence-electron chi connectivity index (χ1n) is 5.08. The minimum Gasteiger partial charge on any atom is -0.488 e. The van der Waals surface area contributed by atoms with Gasteiger partial charge in [0.2, 0.25) is 0 Å². The van der Waals surface area contributed by atoms with Crippen LogP contribution in [0, 0.1) is 0 Å². The van der Waals surface area contributed by atoms with E-state index < -0.39 is 0 Å². The van der Waals surface area contributed by atoms with Gasteiger partial charge in [0.15, 0.2) is 0 Å². The predicted octanol–water partition coefficient (Wildman–Crippen LogP) is 4.26. The highest BCUT2D eigenvalue weighted by Crippen LogP contribution is 2.26. The number of hydrogen-bond acceptors (Lipinski definition) is 2. The highest BCUT2D eigenvalue weighted by Gasteiger charge is 2.03. The summed E-state index contributed by atoms with van der Waals surface area (Å²) in [4.78, 5) is 0. The van der Waals surface area contributed by atoms with E-state index in [1.54, 1.807) is 12.1 Å². The third kappa shape index (κ3) is 3.14. The summed E-state index contributed by atoms with van der Waals surface area (Å²) in [5.74, 6) is 0.784. The maximum absolute atomic E-state index is 5.91. The number of rotatable bonds is 3.